The summed E-state index contributed by atoms with van der Waals surface area (Å²) >= 11 is 5.87. The van der Waals surface area contributed by atoms with Crippen LogP contribution in [0.4, 0.5) is 0 Å². The molecule has 2 nitrogen and oxygen atoms in total. The van der Waals surface area contributed by atoms with Gasteiger partial charge in [0.2, 0.25) is 0 Å². The third kappa shape index (κ3) is 1.69. The summed E-state index contributed by atoms with van der Waals surface area (Å²) in [6.45, 7) is 3.50. The average molecular weight is 182 g/mol. The van der Waals surface area contributed by atoms with Crippen LogP contribution in [0.2, 0.25) is 0 Å². The third-order valence-corrected chi connectivity index (χ3v) is 1.98. The van der Waals surface area contributed by atoms with Crippen molar-refractivity contribution in [3.63, 3.8) is 0 Å². The number of allylic oxidation sites excluding steroid dienone is 1. The molecule has 0 N–H and O–H groups in total. The second-order valence-corrected chi connectivity index (χ2v) is 2.87. The summed E-state index contributed by atoms with van der Waals surface area (Å²) in [5.74, 6) is 0.786. The molecule has 1 aromatic heterocycles. The number of nitriles is 1. The summed E-state index contributed by atoms with van der Waals surface area (Å²) in [5, 5.41) is 9.00. The lowest BCUT2D eigenvalue weighted by atomic mass is 10.2. The van der Waals surface area contributed by atoms with Crippen molar-refractivity contribution in [1.82, 2.24) is 0 Å². The molecule has 0 radical (unpaired) electrons. The van der Waals surface area contributed by atoms with E-state index in [0.29, 0.717) is 10.6 Å². The predicted octanol–water partition coefficient (Wildman–Crippen LogP) is 3.08. The smallest absolute Gasteiger partial charge is 0.101 e. The molecule has 3 heteroatoms. The Labute approximate surface area is 76.1 Å². The number of rotatable bonds is 1. The van der Waals surface area contributed by atoms with Gasteiger partial charge in [0.15, 0.2) is 0 Å². The molecule has 0 amide bonds. The van der Waals surface area contributed by atoms with Gasteiger partial charge in [0.1, 0.15) is 5.76 Å². The number of nitrogens with zero attached hydrogens (tertiary/aromatic N) is 1. The summed E-state index contributed by atoms with van der Waals surface area (Å²) < 4.78 is 5.05. The van der Waals surface area contributed by atoms with Crippen LogP contribution in [0.15, 0.2) is 22.3 Å². The van der Waals surface area contributed by atoms with Gasteiger partial charge in [-0.1, -0.05) is 11.6 Å². The molecule has 0 aromatic carbocycles. The lowest BCUT2D eigenvalue weighted by Gasteiger charge is -1.92. The first-order chi connectivity index (χ1) is 5.65. The molecule has 12 heavy (non-hydrogen) atoms. The summed E-state index contributed by atoms with van der Waals surface area (Å²) in [6, 6.07) is 3.77. The number of hydrogen-bond acceptors (Lipinski definition) is 2. The Hall–Kier alpha value is -1.20. The van der Waals surface area contributed by atoms with Crippen molar-refractivity contribution in [2.45, 2.75) is 13.8 Å². The molecule has 0 bridgehead atoms. The van der Waals surface area contributed by atoms with E-state index >= 15 is 0 Å². The summed E-state index contributed by atoms with van der Waals surface area (Å²) in [6.07, 6.45) is 1.54. The first-order valence-electron chi connectivity index (χ1n) is 3.47. The molecule has 0 spiro atoms. The third-order valence-electron chi connectivity index (χ3n) is 1.48. The Kier molecular flexibility index (Phi) is 2.57. The second kappa shape index (κ2) is 3.46. The molecule has 0 atom stereocenters. The fourth-order valence-electron chi connectivity index (χ4n) is 0.824. The van der Waals surface area contributed by atoms with Crippen LogP contribution in [0.5, 0.6) is 0 Å². The molecule has 0 saturated heterocycles. The van der Waals surface area contributed by atoms with Crippen LogP contribution in [0.25, 0.3) is 5.03 Å². The SMILES string of the molecule is C/C(C#N)=C(/Cl)c1coc(C)c1. The van der Waals surface area contributed by atoms with Gasteiger partial charge in [0.05, 0.1) is 17.4 Å². The van der Waals surface area contributed by atoms with Gasteiger partial charge in [0.25, 0.3) is 0 Å². The molecular formula is C9H8ClNO. The minimum absolute atomic E-state index is 0.453. The van der Waals surface area contributed by atoms with Crippen LogP contribution in [0, 0.1) is 18.3 Å². The normalized spacial score (nSPS) is 12.2. The van der Waals surface area contributed by atoms with Crippen LogP contribution in [0.1, 0.15) is 18.2 Å². The Morgan fingerprint density at radius 2 is 2.33 bits per heavy atom. The van der Waals surface area contributed by atoms with Gasteiger partial charge in [-0.2, -0.15) is 5.26 Å². The molecule has 0 fully saturated rings. The van der Waals surface area contributed by atoms with E-state index in [1.54, 1.807) is 19.3 Å². The zero-order chi connectivity index (χ0) is 9.14. The monoisotopic (exact) mass is 181 g/mol. The summed E-state index contributed by atoms with van der Waals surface area (Å²) in [4.78, 5) is 0. The zero-order valence-corrected chi connectivity index (χ0v) is 7.64. The van der Waals surface area contributed by atoms with Crippen LogP contribution in [-0.4, -0.2) is 0 Å². The highest BCUT2D eigenvalue weighted by Gasteiger charge is 2.04. The molecule has 0 aliphatic carbocycles. The highest BCUT2D eigenvalue weighted by Crippen LogP contribution is 2.24. The van der Waals surface area contributed by atoms with Crippen molar-refractivity contribution in [1.29, 1.82) is 5.26 Å². The maximum atomic E-state index is 8.55. The Balaban J connectivity index is 3.09. The highest BCUT2D eigenvalue weighted by molar-refractivity contribution is 6.49. The highest BCUT2D eigenvalue weighted by atomic mass is 35.5. The van der Waals surface area contributed by atoms with Gasteiger partial charge in [-0.15, -0.1) is 0 Å². The molecule has 62 valence electrons. The molecule has 0 aliphatic heterocycles. The van der Waals surface area contributed by atoms with E-state index in [4.69, 9.17) is 21.3 Å². The quantitative estimate of drug-likeness (QED) is 0.625. The van der Waals surface area contributed by atoms with E-state index in [-0.39, 0.29) is 0 Å². The standard InChI is InChI=1S/C9H8ClNO/c1-6(4-11)9(10)8-3-7(2)12-5-8/h3,5H,1-2H3/b9-6-. The number of halogens is 1. The van der Waals surface area contributed by atoms with Crippen LogP contribution >= 0.6 is 11.6 Å². The van der Waals surface area contributed by atoms with Crippen molar-refractivity contribution < 1.29 is 4.42 Å². The van der Waals surface area contributed by atoms with E-state index in [9.17, 15) is 0 Å². The van der Waals surface area contributed by atoms with Crippen molar-refractivity contribution in [3.8, 4) is 6.07 Å². The predicted molar refractivity (Wildman–Crippen MR) is 47.5 cm³/mol. The molecular weight excluding hydrogens is 174 g/mol. The number of aryl methyl sites for hydroxylation is 1. The van der Waals surface area contributed by atoms with Gasteiger partial charge < -0.3 is 4.42 Å². The zero-order valence-electron chi connectivity index (χ0n) is 6.89. The summed E-state index contributed by atoms with van der Waals surface area (Å²) in [7, 11) is 0. The van der Waals surface area contributed by atoms with Gasteiger partial charge in [-0.3, -0.25) is 0 Å². The van der Waals surface area contributed by atoms with Crippen molar-refractivity contribution in [2.24, 2.45) is 0 Å². The van der Waals surface area contributed by atoms with E-state index in [1.165, 1.54) is 0 Å². The van der Waals surface area contributed by atoms with E-state index in [2.05, 4.69) is 0 Å². The van der Waals surface area contributed by atoms with Gasteiger partial charge >= 0.3 is 0 Å². The lowest BCUT2D eigenvalue weighted by Crippen LogP contribution is -1.75. The Morgan fingerprint density at radius 1 is 1.67 bits per heavy atom. The minimum atomic E-state index is 0.453. The fourth-order valence-corrected chi connectivity index (χ4v) is 0.965. The van der Waals surface area contributed by atoms with Crippen molar-refractivity contribution in [3.05, 3.63) is 29.2 Å². The number of hydrogen-bond donors (Lipinski definition) is 0. The molecule has 0 aliphatic rings. The molecule has 0 unspecified atom stereocenters. The van der Waals surface area contributed by atoms with E-state index in [0.717, 1.165) is 11.3 Å². The second-order valence-electron chi connectivity index (χ2n) is 2.50. The first-order valence-corrected chi connectivity index (χ1v) is 3.85. The van der Waals surface area contributed by atoms with Gasteiger partial charge in [0, 0.05) is 11.1 Å². The average Bonchev–Trinajstić information content (AvgIpc) is 2.49. The fraction of sp³-hybridized carbons (Fsp3) is 0.222. The Morgan fingerprint density at radius 3 is 2.75 bits per heavy atom. The maximum Gasteiger partial charge on any atom is 0.101 e. The minimum Gasteiger partial charge on any atom is -0.469 e. The number of furan rings is 1. The molecule has 1 rings (SSSR count). The molecule has 1 heterocycles. The van der Waals surface area contributed by atoms with Crippen LogP contribution in [-0.2, 0) is 0 Å². The largest absolute Gasteiger partial charge is 0.469 e. The summed E-state index contributed by atoms with van der Waals surface area (Å²) in [5.41, 5.74) is 1.26. The van der Waals surface area contributed by atoms with Crippen molar-refractivity contribution >= 4 is 16.6 Å². The van der Waals surface area contributed by atoms with Crippen LogP contribution < -0.4 is 0 Å². The van der Waals surface area contributed by atoms with Gasteiger partial charge in [-0.05, 0) is 19.9 Å². The Bertz CT molecular complexity index is 357. The molecule has 0 saturated carbocycles. The maximum absolute atomic E-state index is 8.55. The lowest BCUT2D eigenvalue weighted by molar-refractivity contribution is 0.534. The van der Waals surface area contributed by atoms with Crippen molar-refractivity contribution in [2.75, 3.05) is 0 Å². The van der Waals surface area contributed by atoms with Crippen LogP contribution in [0.3, 0.4) is 0 Å². The molecule has 1 aromatic rings. The van der Waals surface area contributed by atoms with E-state index < -0.39 is 0 Å². The topological polar surface area (TPSA) is 36.9 Å². The first kappa shape index (κ1) is 8.89. The van der Waals surface area contributed by atoms with E-state index in [1.807, 2.05) is 13.0 Å². The van der Waals surface area contributed by atoms with Gasteiger partial charge in [-0.25, -0.2) is 0 Å².